The molecular formula is C25H27FN4O3S. The van der Waals surface area contributed by atoms with E-state index in [0.717, 1.165) is 41.1 Å². The molecule has 0 aliphatic rings. The molecule has 178 valence electrons. The van der Waals surface area contributed by atoms with E-state index in [1.54, 1.807) is 0 Å². The number of benzene rings is 1. The minimum atomic E-state index is -0.469. The van der Waals surface area contributed by atoms with Crippen LogP contribution in [-0.4, -0.2) is 46.0 Å². The quantitative estimate of drug-likeness (QED) is 0.237. The molecule has 3 heterocycles. The zero-order valence-corrected chi connectivity index (χ0v) is 20.5. The maximum absolute atomic E-state index is 14.6. The largest absolute Gasteiger partial charge is 0.479 e. The Hall–Kier alpha value is -3.30. The van der Waals surface area contributed by atoms with Crippen LogP contribution in [-0.2, 0) is 4.74 Å². The predicted octanol–water partition coefficient (Wildman–Crippen LogP) is 5.66. The third kappa shape index (κ3) is 5.98. The van der Waals surface area contributed by atoms with Gasteiger partial charge in [-0.3, -0.25) is 4.79 Å². The van der Waals surface area contributed by atoms with Crippen LogP contribution in [0, 0.1) is 12.7 Å². The molecule has 34 heavy (non-hydrogen) atoms. The zero-order valence-electron chi connectivity index (χ0n) is 19.7. The van der Waals surface area contributed by atoms with Crippen LogP contribution in [0.2, 0.25) is 0 Å². The van der Waals surface area contributed by atoms with Gasteiger partial charge >= 0.3 is 0 Å². The number of carbonyl (C=O) groups excluding carboxylic acids is 1. The average Bonchev–Trinajstić information content (AvgIpc) is 3.25. The van der Waals surface area contributed by atoms with Crippen molar-refractivity contribution in [3.63, 3.8) is 0 Å². The van der Waals surface area contributed by atoms with Crippen molar-refractivity contribution in [2.24, 2.45) is 0 Å². The van der Waals surface area contributed by atoms with Gasteiger partial charge in [-0.15, -0.1) is 11.3 Å². The smallest absolute Gasteiger partial charge is 0.243 e. The van der Waals surface area contributed by atoms with Crippen molar-refractivity contribution in [2.75, 3.05) is 20.3 Å². The third-order valence-electron chi connectivity index (χ3n) is 4.69. The maximum atomic E-state index is 14.6. The molecular weight excluding hydrogens is 455 g/mol. The van der Waals surface area contributed by atoms with Crippen molar-refractivity contribution < 1.29 is 18.7 Å². The minimum Gasteiger partial charge on any atom is -0.479 e. The molecule has 0 aliphatic carbocycles. The van der Waals surface area contributed by atoms with E-state index in [1.165, 1.54) is 55.4 Å². The number of fused-ring (bicyclic) bond motifs is 1. The average molecular weight is 483 g/mol. The van der Waals surface area contributed by atoms with Gasteiger partial charge in [0.1, 0.15) is 12.1 Å². The maximum Gasteiger partial charge on any atom is 0.243 e. The molecule has 3 aromatic heterocycles. The number of carbonyl (C=O) groups is 1. The summed E-state index contributed by atoms with van der Waals surface area (Å²) in [7, 11) is 1.41. The van der Waals surface area contributed by atoms with E-state index in [2.05, 4.69) is 33.8 Å². The molecule has 0 atom stereocenters. The summed E-state index contributed by atoms with van der Waals surface area (Å²) in [5.74, 6) is -0.760. The Labute approximate surface area is 202 Å². The fraction of sp³-hybridized carbons (Fsp3) is 0.320. The Bertz CT molecular complexity index is 1260. The molecule has 9 heteroatoms. The number of hydrogen-bond donors (Lipinski definition) is 0. The first-order valence-electron chi connectivity index (χ1n) is 11.0. The fourth-order valence-electron chi connectivity index (χ4n) is 3.17. The van der Waals surface area contributed by atoms with Gasteiger partial charge in [0.05, 0.1) is 23.0 Å². The Morgan fingerprint density at radius 3 is 2.47 bits per heavy atom. The summed E-state index contributed by atoms with van der Waals surface area (Å²) in [6, 6.07) is 6.05. The predicted molar refractivity (Wildman–Crippen MR) is 131 cm³/mol. The van der Waals surface area contributed by atoms with E-state index >= 15 is 0 Å². The van der Waals surface area contributed by atoms with E-state index < -0.39 is 11.6 Å². The number of ether oxygens (including phenoxy) is 2. The van der Waals surface area contributed by atoms with E-state index in [1.807, 2.05) is 13.0 Å². The van der Waals surface area contributed by atoms with Gasteiger partial charge in [0.2, 0.25) is 11.7 Å². The van der Waals surface area contributed by atoms with Crippen molar-refractivity contribution in [3.05, 3.63) is 64.9 Å². The topological polar surface area (TPSA) is 87.1 Å². The molecule has 0 aliphatic heterocycles. The molecule has 0 spiro atoms. The first kappa shape index (κ1) is 25.3. The Morgan fingerprint density at radius 1 is 1.03 bits per heavy atom. The normalized spacial score (nSPS) is 10.6. The van der Waals surface area contributed by atoms with Crippen LogP contribution < -0.4 is 4.74 Å². The third-order valence-corrected chi connectivity index (χ3v) is 5.73. The van der Waals surface area contributed by atoms with Crippen LogP contribution in [0.25, 0.3) is 21.5 Å². The summed E-state index contributed by atoms with van der Waals surface area (Å²) in [6.07, 6.45) is 6.51. The highest BCUT2D eigenvalue weighted by atomic mass is 32.1. The number of methoxy groups -OCH3 is 1. The summed E-state index contributed by atoms with van der Waals surface area (Å²) in [6.45, 7) is 8.04. The van der Waals surface area contributed by atoms with Gasteiger partial charge in [0.25, 0.3) is 0 Å². The van der Waals surface area contributed by atoms with Gasteiger partial charge in [0, 0.05) is 41.6 Å². The summed E-state index contributed by atoms with van der Waals surface area (Å²) < 4.78 is 25.6. The minimum absolute atomic E-state index is 0.0670. The highest BCUT2D eigenvalue weighted by Crippen LogP contribution is 2.34. The molecule has 0 saturated carbocycles. The molecule has 0 unspecified atom stereocenters. The first-order valence-corrected chi connectivity index (χ1v) is 11.8. The van der Waals surface area contributed by atoms with E-state index in [9.17, 15) is 9.18 Å². The van der Waals surface area contributed by atoms with Gasteiger partial charge < -0.3 is 9.47 Å². The molecule has 0 radical (unpaired) electrons. The van der Waals surface area contributed by atoms with Crippen LogP contribution in [0.15, 0.2) is 43.0 Å². The Morgan fingerprint density at radius 2 is 1.76 bits per heavy atom. The number of hydrogen-bond acceptors (Lipinski definition) is 8. The molecule has 4 rings (SSSR count). The lowest BCUT2D eigenvalue weighted by atomic mass is 10.0. The number of halogens is 1. The van der Waals surface area contributed by atoms with Gasteiger partial charge in [-0.1, -0.05) is 13.8 Å². The number of nitrogens with zero attached hydrogens (tertiary/aromatic N) is 4. The molecule has 0 N–H and O–H groups in total. The van der Waals surface area contributed by atoms with Gasteiger partial charge in [-0.2, -0.15) is 0 Å². The summed E-state index contributed by atoms with van der Waals surface area (Å²) in [5.41, 5.74) is 1.77. The second-order valence-electron chi connectivity index (χ2n) is 7.34. The molecule has 0 bridgehead atoms. The van der Waals surface area contributed by atoms with Crippen LogP contribution in [0.1, 0.15) is 47.6 Å². The standard InChI is InChI=1S/C19H13FN4O2S.C6H14O/c1-10-7-14-18(27-10)15(24-9-23-14)12-8-11(3-4-13(12)20)17(25)16-19(26-2)22-6-5-21-16;1-3-5-7-6-4-2/h3-9H,1-2H3;3-6H2,1-2H3. The van der Waals surface area contributed by atoms with Gasteiger partial charge in [0.15, 0.2) is 5.69 Å². The number of thiophene rings is 1. The van der Waals surface area contributed by atoms with Crippen LogP contribution in [0.3, 0.4) is 0 Å². The number of rotatable bonds is 8. The lowest BCUT2D eigenvalue weighted by molar-refractivity contribution is 0.103. The molecule has 0 fully saturated rings. The van der Waals surface area contributed by atoms with Crippen LogP contribution >= 0.6 is 11.3 Å². The van der Waals surface area contributed by atoms with Gasteiger partial charge in [-0.25, -0.2) is 24.3 Å². The molecule has 0 saturated heterocycles. The molecule has 7 nitrogen and oxygen atoms in total. The number of aromatic nitrogens is 4. The van der Waals surface area contributed by atoms with Crippen molar-refractivity contribution >= 4 is 27.3 Å². The SMILES string of the molecule is CCCOCCC.COc1nccnc1C(=O)c1ccc(F)c(-c2ncnc3cc(C)sc23)c1. The monoisotopic (exact) mass is 482 g/mol. The summed E-state index contributed by atoms with van der Waals surface area (Å²) >= 11 is 1.48. The molecule has 4 aromatic rings. The lowest BCUT2D eigenvalue weighted by Crippen LogP contribution is -2.08. The van der Waals surface area contributed by atoms with Crippen molar-refractivity contribution in [1.29, 1.82) is 0 Å². The summed E-state index contributed by atoms with van der Waals surface area (Å²) in [4.78, 5) is 30.4. The highest BCUT2D eigenvalue weighted by Gasteiger charge is 2.20. The summed E-state index contributed by atoms with van der Waals surface area (Å²) in [5, 5.41) is 0. The first-order chi connectivity index (χ1) is 16.5. The van der Waals surface area contributed by atoms with E-state index in [0.29, 0.717) is 5.69 Å². The van der Waals surface area contributed by atoms with E-state index in [4.69, 9.17) is 9.47 Å². The molecule has 1 aromatic carbocycles. The Balaban J connectivity index is 0.000000406. The van der Waals surface area contributed by atoms with Crippen LogP contribution in [0.4, 0.5) is 4.39 Å². The van der Waals surface area contributed by atoms with Crippen molar-refractivity contribution in [3.8, 4) is 17.1 Å². The van der Waals surface area contributed by atoms with Gasteiger partial charge in [-0.05, 0) is 44.0 Å². The van der Waals surface area contributed by atoms with E-state index in [-0.39, 0.29) is 22.7 Å². The Kier molecular flexibility index (Phi) is 9.12. The zero-order chi connectivity index (χ0) is 24.5. The number of aryl methyl sites for hydroxylation is 1. The van der Waals surface area contributed by atoms with Crippen molar-refractivity contribution in [1.82, 2.24) is 19.9 Å². The van der Waals surface area contributed by atoms with Crippen molar-refractivity contribution in [2.45, 2.75) is 33.6 Å². The second-order valence-corrected chi connectivity index (χ2v) is 8.60. The molecule has 0 amide bonds. The lowest BCUT2D eigenvalue weighted by Gasteiger charge is -2.08. The highest BCUT2D eigenvalue weighted by molar-refractivity contribution is 7.19. The van der Waals surface area contributed by atoms with Crippen LogP contribution in [0.5, 0.6) is 5.88 Å². The fourth-order valence-corrected chi connectivity index (χ4v) is 4.14. The second kappa shape index (κ2) is 12.2. The number of ketones is 1.